The van der Waals surface area contributed by atoms with Gasteiger partial charge in [0.15, 0.2) is 11.5 Å². The molecular weight excluding hydrogens is 314 g/mol. The second-order valence-corrected chi connectivity index (χ2v) is 6.07. The maximum absolute atomic E-state index is 12.7. The molecule has 4 heteroatoms. The van der Waals surface area contributed by atoms with E-state index in [1.807, 2.05) is 60.7 Å². The van der Waals surface area contributed by atoms with Crippen LogP contribution < -0.4 is 0 Å². The smallest absolute Gasteiger partial charge is 0.284 e. The van der Waals surface area contributed by atoms with Crippen LogP contribution >= 0.6 is 0 Å². The summed E-state index contributed by atoms with van der Waals surface area (Å²) < 4.78 is 0. The Morgan fingerprint density at radius 1 is 1.00 bits per heavy atom. The van der Waals surface area contributed by atoms with Gasteiger partial charge in [-0.1, -0.05) is 67.6 Å². The molecular formula is C21H19NO3. The van der Waals surface area contributed by atoms with Crippen molar-refractivity contribution >= 4 is 17.4 Å². The summed E-state index contributed by atoms with van der Waals surface area (Å²) >= 11 is 0. The number of aliphatic imine (C=N–C) groups is 1. The zero-order chi connectivity index (χ0) is 17.8. The minimum atomic E-state index is -0.645. The maximum atomic E-state index is 12.7. The first-order chi connectivity index (χ1) is 12.1. The van der Waals surface area contributed by atoms with Crippen LogP contribution in [0.3, 0.4) is 0 Å². The van der Waals surface area contributed by atoms with E-state index in [4.69, 9.17) is 0 Å². The molecule has 0 aliphatic carbocycles. The van der Waals surface area contributed by atoms with Gasteiger partial charge in [-0.3, -0.25) is 9.59 Å². The van der Waals surface area contributed by atoms with Crippen molar-refractivity contribution in [1.29, 1.82) is 0 Å². The fourth-order valence-electron chi connectivity index (χ4n) is 2.89. The van der Waals surface area contributed by atoms with Crippen molar-refractivity contribution in [2.24, 2.45) is 4.99 Å². The number of hydrogen-bond acceptors (Lipinski definition) is 3. The highest BCUT2D eigenvalue weighted by molar-refractivity contribution is 6.31. The van der Waals surface area contributed by atoms with Crippen molar-refractivity contribution in [1.82, 2.24) is 0 Å². The molecule has 1 atom stereocenters. The van der Waals surface area contributed by atoms with E-state index < -0.39 is 17.6 Å². The second kappa shape index (κ2) is 7.26. The Balaban J connectivity index is 1.76. The number of hydrogen-bond donors (Lipinski definition) is 1. The average Bonchev–Trinajstić information content (AvgIpc) is 2.94. The zero-order valence-electron chi connectivity index (χ0n) is 14.0. The van der Waals surface area contributed by atoms with Crippen molar-refractivity contribution in [3.05, 3.63) is 83.1 Å². The van der Waals surface area contributed by atoms with Crippen molar-refractivity contribution in [2.45, 2.75) is 25.7 Å². The summed E-state index contributed by atoms with van der Waals surface area (Å²) in [5.74, 6) is -1.82. The molecule has 2 aromatic rings. The van der Waals surface area contributed by atoms with E-state index in [-0.39, 0.29) is 17.0 Å². The first-order valence-corrected chi connectivity index (χ1v) is 8.26. The highest BCUT2D eigenvalue weighted by Gasteiger charge is 2.34. The number of carbonyl (C=O) groups is 2. The molecule has 0 aromatic heterocycles. The lowest BCUT2D eigenvalue weighted by Crippen LogP contribution is -2.17. The topological polar surface area (TPSA) is 66.7 Å². The summed E-state index contributed by atoms with van der Waals surface area (Å²) in [4.78, 5) is 28.7. The van der Waals surface area contributed by atoms with E-state index in [0.717, 1.165) is 11.1 Å². The number of amides is 1. The van der Waals surface area contributed by atoms with E-state index >= 15 is 0 Å². The Morgan fingerprint density at radius 2 is 1.60 bits per heavy atom. The molecule has 126 valence electrons. The first-order valence-electron chi connectivity index (χ1n) is 8.26. The third-order valence-electron chi connectivity index (χ3n) is 4.39. The summed E-state index contributed by atoms with van der Waals surface area (Å²) in [6, 6.07) is 18.9. The number of aliphatic hydroxyl groups excluding tert-OH is 1. The van der Waals surface area contributed by atoms with E-state index in [1.54, 1.807) is 6.92 Å². The number of ketones is 1. The average molecular weight is 333 g/mol. The molecule has 1 aliphatic heterocycles. The summed E-state index contributed by atoms with van der Waals surface area (Å²) in [5.41, 5.74) is 1.98. The summed E-state index contributed by atoms with van der Waals surface area (Å²) in [7, 11) is 0. The van der Waals surface area contributed by atoms with E-state index in [1.165, 1.54) is 0 Å². The predicted octanol–water partition coefficient (Wildman–Crippen LogP) is 3.79. The fraction of sp³-hybridized carbons (Fsp3) is 0.190. The second-order valence-electron chi connectivity index (χ2n) is 6.07. The Hall–Kier alpha value is -3.01. The van der Waals surface area contributed by atoms with Gasteiger partial charge in [-0.05, 0) is 24.0 Å². The van der Waals surface area contributed by atoms with Crippen LogP contribution in [0, 0.1) is 0 Å². The maximum Gasteiger partial charge on any atom is 0.284 e. The van der Waals surface area contributed by atoms with Crippen molar-refractivity contribution < 1.29 is 14.7 Å². The van der Waals surface area contributed by atoms with Crippen LogP contribution in [0.4, 0.5) is 0 Å². The monoisotopic (exact) mass is 333 g/mol. The lowest BCUT2D eigenvalue weighted by Gasteiger charge is -2.10. The number of rotatable bonds is 6. The Labute approximate surface area is 146 Å². The third kappa shape index (κ3) is 3.58. The van der Waals surface area contributed by atoms with Gasteiger partial charge in [-0.15, -0.1) is 0 Å². The molecule has 0 saturated heterocycles. The van der Waals surface area contributed by atoms with E-state index in [0.29, 0.717) is 12.8 Å². The number of nitrogens with zero attached hydrogens (tertiary/aromatic N) is 1. The molecule has 0 spiro atoms. The van der Waals surface area contributed by atoms with Crippen LogP contribution in [0.15, 0.2) is 77.0 Å². The van der Waals surface area contributed by atoms with Gasteiger partial charge in [0.25, 0.3) is 5.91 Å². The molecule has 3 rings (SSSR count). The largest absolute Gasteiger partial charge is 0.505 e. The summed E-state index contributed by atoms with van der Waals surface area (Å²) in [5, 5.41) is 10.4. The molecule has 1 amide bonds. The Bertz CT molecular complexity index is 851. The molecule has 0 saturated carbocycles. The molecule has 1 unspecified atom stereocenters. The van der Waals surface area contributed by atoms with Gasteiger partial charge in [0.2, 0.25) is 0 Å². The van der Waals surface area contributed by atoms with Gasteiger partial charge in [0.05, 0.1) is 5.71 Å². The fourth-order valence-corrected chi connectivity index (χ4v) is 2.89. The van der Waals surface area contributed by atoms with E-state index in [9.17, 15) is 14.7 Å². The number of allylic oxidation sites excluding steroid dienone is 1. The van der Waals surface area contributed by atoms with Crippen LogP contribution in [0.2, 0.25) is 0 Å². The molecule has 0 fully saturated rings. The third-order valence-corrected chi connectivity index (χ3v) is 4.39. The molecule has 2 aromatic carbocycles. The lowest BCUT2D eigenvalue weighted by molar-refractivity contribution is -0.121. The standard InChI is InChI=1S/C21H19NO3/c1-14(16-10-6-3-7-11-16)19(23)18-20(24)17(22-21(18)25)13-12-15-8-4-2-5-9-15/h2-11,14,24H,12-13H2,1H3. The van der Waals surface area contributed by atoms with Gasteiger partial charge in [0.1, 0.15) is 5.57 Å². The van der Waals surface area contributed by atoms with Gasteiger partial charge >= 0.3 is 0 Å². The number of carbonyl (C=O) groups excluding carboxylic acids is 2. The first kappa shape index (κ1) is 16.8. The Kier molecular flexibility index (Phi) is 4.89. The minimum absolute atomic E-state index is 0.195. The van der Waals surface area contributed by atoms with Crippen LogP contribution in [-0.4, -0.2) is 22.5 Å². The van der Waals surface area contributed by atoms with Crippen LogP contribution in [0.5, 0.6) is 0 Å². The predicted molar refractivity (Wildman–Crippen MR) is 96.7 cm³/mol. The molecule has 4 nitrogen and oxygen atoms in total. The van der Waals surface area contributed by atoms with Gasteiger partial charge < -0.3 is 5.11 Å². The SMILES string of the molecule is CC(C(=O)C1=C(O)C(CCc2ccccc2)=NC1=O)c1ccccc1. The Morgan fingerprint density at radius 3 is 2.24 bits per heavy atom. The van der Waals surface area contributed by atoms with Crippen LogP contribution in [0.1, 0.15) is 30.4 Å². The quantitative estimate of drug-likeness (QED) is 0.818. The van der Waals surface area contributed by atoms with Crippen molar-refractivity contribution in [3.63, 3.8) is 0 Å². The van der Waals surface area contributed by atoms with Crippen LogP contribution in [0.25, 0.3) is 0 Å². The molecule has 0 bridgehead atoms. The molecule has 25 heavy (non-hydrogen) atoms. The number of Topliss-reactive ketones (excluding diaryl/α,β-unsaturated/α-hetero) is 1. The van der Waals surface area contributed by atoms with Crippen LogP contribution in [-0.2, 0) is 16.0 Å². The molecule has 1 heterocycles. The van der Waals surface area contributed by atoms with E-state index in [2.05, 4.69) is 4.99 Å². The zero-order valence-corrected chi connectivity index (χ0v) is 14.0. The number of benzene rings is 2. The van der Waals surface area contributed by atoms with Gasteiger partial charge in [-0.2, -0.15) is 0 Å². The number of aliphatic hydroxyl groups is 1. The summed E-state index contributed by atoms with van der Waals surface area (Å²) in [6.07, 6.45) is 1.06. The highest BCUT2D eigenvalue weighted by Crippen LogP contribution is 2.26. The van der Waals surface area contributed by atoms with Crippen molar-refractivity contribution in [3.8, 4) is 0 Å². The highest BCUT2D eigenvalue weighted by atomic mass is 16.3. The molecule has 0 radical (unpaired) electrons. The summed E-state index contributed by atoms with van der Waals surface area (Å²) in [6.45, 7) is 1.73. The minimum Gasteiger partial charge on any atom is -0.505 e. The normalized spacial score (nSPS) is 15.2. The number of aryl methyl sites for hydroxylation is 1. The molecule has 1 N–H and O–H groups in total. The van der Waals surface area contributed by atoms with Gasteiger partial charge in [-0.25, -0.2) is 4.99 Å². The molecule has 1 aliphatic rings. The van der Waals surface area contributed by atoms with Gasteiger partial charge in [0, 0.05) is 5.92 Å². The van der Waals surface area contributed by atoms with Crippen molar-refractivity contribution in [2.75, 3.05) is 0 Å². The lowest BCUT2D eigenvalue weighted by atomic mass is 9.91.